The minimum atomic E-state index is -0.0247. The molecule has 2 heterocycles. The molecule has 0 spiro atoms. The van der Waals surface area contributed by atoms with Gasteiger partial charge in [-0.05, 0) is 31.2 Å². The lowest BCUT2D eigenvalue weighted by Gasteiger charge is -2.18. The van der Waals surface area contributed by atoms with Crippen LogP contribution in [0.15, 0.2) is 0 Å². The number of nitrogen functional groups attached to an aromatic ring is 1. The summed E-state index contributed by atoms with van der Waals surface area (Å²) in [6.07, 6.45) is 1.90. The molecule has 1 atom stereocenters. The van der Waals surface area contributed by atoms with Gasteiger partial charge in [0.25, 0.3) is 5.91 Å². The predicted molar refractivity (Wildman–Crippen MR) is 87.6 cm³/mol. The van der Waals surface area contributed by atoms with Crippen molar-refractivity contribution in [2.45, 2.75) is 33.6 Å². The molecule has 1 aliphatic heterocycles. The van der Waals surface area contributed by atoms with Crippen molar-refractivity contribution in [3.8, 4) is 0 Å². The molecular weight excluding hydrogens is 284 g/mol. The lowest BCUT2D eigenvalue weighted by molar-refractivity contribution is 0.0950. The number of thiazole rings is 1. The Morgan fingerprint density at radius 1 is 1.57 bits per heavy atom. The second kappa shape index (κ2) is 7.22. The van der Waals surface area contributed by atoms with E-state index in [0.717, 1.165) is 38.3 Å². The fraction of sp³-hybridized carbons (Fsp3) is 0.733. The first-order chi connectivity index (χ1) is 9.99. The summed E-state index contributed by atoms with van der Waals surface area (Å²) in [5.74, 6) is 1.23. The van der Waals surface area contributed by atoms with Crippen molar-refractivity contribution in [1.82, 2.24) is 15.2 Å². The summed E-state index contributed by atoms with van der Waals surface area (Å²) in [6.45, 7) is 10.6. The molecule has 0 radical (unpaired) electrons. The van der Waals surface area contributed by atoms with Crippen LogP contribution < -0.4 is 11.1 Å². The summed E-state index contributed by atoms with van der Waals surface area (Å²) < 4.78 is 0. The zero-order valence-electron chi connectivity index (χ0n) is 13.2. The molecule has 5 nitrogen and oxygen atoms in total. The molecule has 1 amide bonds. The molecule has 0 saturated carbocycles. The molecule has 21 heavy (non-hydrogen) atoms. The highest BCUT2D eigenvalue weighted by Gasteiger charge is 2.24. The number of nitrogens with zero attached hydrogens (tertiary/aromatic N) is 2. The number of rotatable bonds is 6. The highest BCUT2D eigenvalue weighted by atomic mass is 32.1. The summed E-state index contributed by atoms with van der Waals surface area (Å²) in [6, 6.07) is 0. The van der Waals surface area contributed by atoms with Gasteiger partial charge in [-0.15, -0.1) is 0 Å². The number of likely N-dealkylation sites (tertiary alicyclic amines) is 1. The average Bonchev–Trinajstić information content (AvgIpc) is 3.01. The van der Waals surface area contributed by atoms with Crippen LogP contribution in [0.5, 0.6) is 0 Å². The van der Waals surface area contributed by atoms with E-state index < -0.39 is 0 Å². The van der Waals surface area contributed by atoms with Gasteiger partial charge in [-0.2, -0.15) is 0 Å². The fourth-order valence-corrected chi connectivity index (χ4v) is 3.70. The number of anilines is 1. The maximum atomic E-state index is 12.2. The van der Waals surface area contributed by atoms with Crippen molar-refractivity contribution in [1.29, 1.82) is 0 Å². The summed E-state index contributed by atoms with van der Waals surface area (Å²) in [5, 5.41) is 3.53. The van der Waals surface area contributed by atoms with Crippen molar-refractivity contribution >= 4 is 22.4 Å². The zero-order chi connectivity index (χ0) is 15.4. The molecule has 118 valence electrons. The molecule has 0 aromatic carbocycles. The monoisotopic (exact) mass is 310 g/mol. The average molecular weight is 310 g/mol. The first-order valence-corrected chi connectivity index (χ1v) is 8.57. The molecule has 1 aromatic heterocycles. The van der Waals surface area contributed by atoms with E-state index >= 15 is 0 Å². The molecule has 0 bridgehead atoms. The summed E-state index contributed by atoms with van der Waals surface area (Å²) in [5.41, 5.74) is 6.50. The van der Waals surface area contributed by atoms with Crippen LogP contribution in [0.2, 0.25) is 0 Å². The van der Waals surface area contributed by atoms with Gasteiger partial charge < -0.3 is 16.0 Å². The maximum absolute atomic E-state index is 12.2. The van der Waals surface area contributed by atoms with Crippen LogP contribution in [-0.4, -0.2) is 42.0 Å². The third-order valence-electron chi connectivity index (χ3n) is 3.80. The lowest BCUT2D eigenvalue weighted by Crippen LogP contribution is -2.31. The molecule has 1 aliphatic rings. The first kappa shape index (κ1) is 16.2. The topological polar surface area (TPSA) is 71.2 Å². The van der Waals surface area contributed by atoms with E-state index in [9.17, 15) is 4.79 Å². The van der Waals surface area contributed by atoms with Crippen molar-refractivity contribution < 1.29 is 4.79 Å². The third kappa shape index (κ3) is 4.41. The molecule has 1 fully saturated rings. The lowest BCUT2D eigenvalue weighted by atomic mass is 10.1. The van der Waals surface area contributed by atoms with Gasteiger partial charge in [0, 0.05) is 19.6 Å². The van der Waals surface area contributed by atoms with E-state index in [1.54, 1.807) is 0 Å². The Hall–Kier alpha value is -1.14. The summed E-state index contributed by atoms with van der Waals surface area (Å²) in [4.78, 5) is 19.6. The van der Waals surface area contributed by atoms with Crippen LogP contribution in [0, 0.1) is 11.8 Å². The number of nitrogens with one attached hydrogen (secondary N) is 1. The van der Waals surface area contributed by atoms with Gasteiger partial charge in [-0.3, -0.25) is 4.79 Å². The van der Waals surface area contributed by atoms with Crippen molar-refractivity contribution in [2.24, 2.45) is 11.8 Å². The number of hydrogen-bond acceptors (Lipinski definition) is 5. The quantitative estimate of drug-likeness (QED) is 0.843. The van der Waals surface area contributed by atoms with Gasteiger partial charge in [-0.25, -0.2) is 4.98 Å². The standard InChI is InChI=1S/C15H26N4OS/c1-4-12-13(21-15(16)18-12)14(20)17-7-11-5-6-19(9-11)8-10(2)3/h10-11H,4-9H2,1-3H3,(H2,16,18)(H,17,20)/t11-/m1/s1. The van der Waals surface area contributed by atoms with E-state index in [4.69, 9.17) is 5.73 Å². The zero-order valence-corrected chi connectivity index (χ0v) is 14.0. The molecule has 0 aliphatic carbocycles. The molecule has 2 rings (SSSR count). The van der Waals surface area contributed by atoms with Crippen LogP contribution in [0.4, 0.5) is 5.13 Å². The second-order valence-electron chi connectivity index (χ2n) is 6.20. The number of carbonyl (C=O) groups is 1. The Morgan fingerprint density at radius 3 is 3.00 bits per heavy atom. The minimum Gasteiger partial charge on any atom is -0.375 e. The van der Waals surface area contributed by atoms with Gasteiger partial charge >= 0.3 is 0 Å². The van der Waals surface area contributed by atoms with Gasteiger partial charge in [-0.1, -0.05) is 32.1 Å². The van der Waals surface area contributed by atoms with E-state index in [0.29, 0.717) is 21.8 Å². The SMILES string of the molecule is CCc1nc(N)sc1C(=O)NC[C@H]1CCN(CC(C)C)C1. The van der Waals surface area contributed by atoms with Crippen LogP contribution in [0.25, 0.3) is 0 Å². The smallest absolute Gasteiger partial charge is 0.263 e. The third-order valence-corrected chi connectivity index (χ3v) is 4.73. The van der Waals surface area contributed by atoms with Crippen LogP contribution >= 0.6 is 11.3 Å². The van der Waals surface area contributed by atoms with E-state index in [1.165, 1.54) is 17.8 Å². The van der Waals surface area contributed by atoms with Crippen molar-refractivity contribution in [3.63, 3.8) is 0 Å². The molecule has 1 aromatic rings. The molecule has 0 unspecified atom stereocenters. The number of amides is 1. The molecular formula is C15H26N4OS. The Balaban J connectivity index is 1.82. The second-order valence-corrected chi connectivity index (χ2v) is 7.23. The number of aryl methyl sites for hydroxylation is 1. The normalized spacial score (nSPS) is 19.3. The van der Waals surface area contributed by atoms with Gasteiger partial charge in [0.1, 0.15) is 4.88 Å². The van der Waals surface area contributed by atoms with Gasteiger partial charge in [0.15, 0.2) is 5.13 Å². The van der Waals surface area contributed by atoms with Gasteiger partial charge in [0.05, 0.1) is 5.69 Å². The fourth-order valence-electron chi connectivity index (χ4n) is 2.87. The largest absolute Gasteiger partial charge is 0.375 e. The highest BCUT2D eigenvalue weighted by Crippen LogP contribution is 2.21. The van der Waals surface area contributed by atoms with E-state index in [-0.39, 0.29) is 5.91 Å². The number of aromatic nitrogens is 1. The number of carbonyl (C=O) groups excluding carboxylic acids is 1. The number of hydrogen-bond donors (Lipinski definition) is 2. The van der Waals surface area contributed by atoms with E-state index in [1.807, 2.05) is 6.92 Å². The van der Waals surface area contributed by atoms with E-state index in [2.05, 4.69) is 29.0 Å². The van der Waals surface area contributed by atoms with Crippen LogP contribution in [0.3, 0.4) is 0 Å². The molecule has 3 N–H and O–H groups in total. The Bertz CT molecular complexity index is 486. The van der Waals surface area contributed by atoms with Crippen LogP contribution in [-0.2, 0) is 6.42 Å². The summed E-state index contributed by atoms with van der Waals surface area (Å²) in [7, 11) is 0. The van der Waals surface area contributed by atoms with Gasteiger partial charge in [0.2, 0.25) is 0 Å². The minimum absolute atomic E-state index is 0.0247. The summed E-state index contributed by atoms with van der Waals surface area (Å²) >= 11 is 1.28. The molecule has 6 heteroatoms. The Kier molecular flexibility index (Phi) is 5.58. The van der Waals surface area contributed by atoms with Crippen molar-refractivity contribution in [2.75, 3.05) is 31.9 Å². The first-order valence-electron chi connectivity index (χ1n) is 7.75. The predicted octanol–water partition coefficient (Wildman–Crippen LogP) is 2.00. The van der Waals surface area contributed by atoms with Crippen LogP contribution in [0.1, 0.15) is 42.6 Å². The Morgan fingerprint density at radius 2 is 2.33 bits per heavy atom. The molecule has 1 saturated heterocycles. The highest BCUT2D eigenvalue weighted by molar-refractivity contribution is 7.17. The van der Waals surface area contributed by atoms with Crippen molar-refractivity contribution in [3.05, 3.63) is 10.6 Å². The number of nitrogens with two attached hydrogens (primary N) is 1. The Labute approximate surface area is 130 Å². The maximum Gasteiger partial charge on any atom is 0.263 e.